The van der Waals surface area contributed by atoms with Gasteiger partial charge in [-0.25, -0.2) is 0 Å². The van der Waals surface area contributed by atoms with Crippen molar-refractivity contribution in [2.24, 2.45) is 0 Å². The van der Waals surface area contributed by atoms with Crippen LogP contribution < -0.4 is 10.2 Å². The van der Waals surface area contributed by atoms with Gasteiger partial charge < -0.3 is 15.2 Å². The topological polar surface area (TPSA) is 71.9 Å². The number of H-pyrrole nitrogens is 1. The summed E-state index contributed by atoms with van der Waals surface area (Å²) in [6.07, 6.45) is 4.30. The van der Waals surface area contributed by atoms with Crippen LogP contribution >= 0.6 is 0 Å². The van der Waals surface area contributed by atoms with Crippen LogP contribution in [0.5, 0.6) is 0 Å². The van der Waals surface area contributed by atoms with E-state index in [1.165, 1.54) is 0 Å². The third-order valence-corrected chi connectivity index (χ3v) is 5.05. The summed E-state index contributed by atoms with van der Waals surface area (Å²) in [4.78, 5) is 17.9. The molecule has 29 heavy (non-hydrogen) atoms. The first-order valence-electron chi connectivity index (χ1n) is 9.96. The number of carbonyl (C=O) groups is 1. The number of hydrogen-bond donors (Lipinski definition) is 2. The Labute approximate surface area is 171 Å². The lowest BCUT2D eigenvalue weighted by atomic mass is 10.1. The van der Waals surface area contributed by atoms with Gasteiger partial charge in [0, 0.05) is 42.4 Å². The minimum absolute atomic E-state index is 0.111. The number of aromatic nitrogens is 1. The number of amides is 1. The maximum atomic E-state index is 12.4. The highest BCUT2D eigenvalue weighted by atomic mass is 16.1. The zero-order valence-corrected chi connectivity index (χ0v) is 16.9. The third-order valence-electron chi connectivity index (χ3n) is 5.05. The van der Waals surface area contributed by atoms with E-state index >= 15 is 0 Å². The third kappa shape index (κ3) is 4.85. The van der Waals surface area contributed by atoms with Crippen molar-refractivity contribution < 1.29 is 4.79 Å². The van der Waals surface area contributed by atoms with Crippen LogP contribution in [0.2, 0.25) is 0 Å². The van der Waals surface area contributed by atoms with E-state index in [0.717, 1.165) is 40.8 Å². The van der Waals surface area contributed by atoms with Crippen LogP contribution in [0, 0.1) is 11.3 Å². The summed E-state index contributed by atoms with van der Waals surface area (Å²) in [6, 6.07) is 18.0. The number of nitrogens with zero attached hydrogens (tertiary/aromatic N) is 2. The summed E-state index contributed by atoms with van der Waals surface area (Å²) in [5, 5.41) is 13.4. The van der Waals surface area contributed by atoms with Crippen molar-refractivity contribution in [3.05, 3.63) is 71.4 Å². The van der Waals surface area contributed by atoms with Crippen LogP contribution in [-0.4, -0.2) is 30.5 Å². The molecule has 3 aromatic rings. The minimum atomic E-state index is -0.347. The number of fused-ring (bicyclic) bond motifs is 1. The van der Waals surface area contributed by atoms with Crippen LogP contribution in [0.15, 0.2) is 60.3 Å². The van der Waals surface area contributed by atoms with Crippen molar-refractivity contribution >= 4 is 28.6 Å². The molecule has 148 valence electrons. The molecule has 1 amide bonds. The van der Waals surface area contributed by atoms with Crippen molar-refractivity contribution in [2.75, 3.05) is 24.5 Å². The Morgan fingerprint density at radius 1 is 1.14 bits per heavy atom. The molecule has 0 saturated carbocycles. The second kappa shape index (κ2) is 9.61. The predicted octanol–water partition coefficient (Wildman–Crippen LogP) is 4.28. The Kier molecular flexibility index (Phi) is 6.70. The molecule has 1 aromatic heterocycles. The predicted molar refractivity (Wildman–Crippen MR) is 119 cm³/mol. The van der Waals surface area contributed by atoms with Crippen molar-refractivity contribution in [3.8, 4) is 6.07 Å². The molecule has 0 bridgehead atoms. The Hall–Kier alpha value is -3.52. The van der Waals surface area contributed by atoms with Gasteiger partial charge >= 0.3 is 0 Å². The largest absolute Gasteiger partial charge is 0.372 e. The average molecular weight is 386 g/mol. The summed E-state index contributed by atoms with van der Waals surface area (Å²) >= 11 is 0. The fourth-order valence-corrected chi connectivity index (χ4v) is 3.43. The standard InChI is InChI=1S/C24H26N4O/c1-3-28(4-2)21-11-9-18(10-12-21)15-20(16-25)24(29)26-14-13-19-17-27-23-8-6-5-7-22(19)23/h5-12,15,17,27H,3-4,13-14H2,1-2H3,(H,26,29)/b20-15-. The lowest BCUT2D eigenvalue weighted by molar-refractivity contribution is -0.117. The molecule has 3 rings (SSSR count). The van der Waals surface area contributed by atoms with Gasteiger partial charge in [0.1, 0.15) is 11.6 Å². The van der Waals surface area contributed by atoms with Gasteiger partial charge in [0.25, 0.3) is 5.91 Å². The lowest BCUT2D eigenvalue weighted by Gasteiger charge is -2.20. The SMILES string of the molecule is CCN(CC)c1ccc(/C=C(/C#N)C(=O)NCCc2c[nH]c3ccccc23)cc1. The average Bonchev–Trinajstić information content (AvgIpc) is 3.17. The summed E-state index contributed by atoms with van der Waals surface area (Å²) in [5.74, 6) is -0.347. The molecular weight excluding hydrogens is 360 g/mol. The molecule has 0 fully saturated rings. The number of nitrogens with one attached hydrogen (secondary N) is 2. The first kappa shape index (κ1) is 20.2. The molecule has 2 aromatic carbocycles. The van der Waals surface area contributed by atoms with E-state index in [4.69, 9.17) is 0 Å². The molecule has 5 heteroatoms. The number of anilines is 1. The smallest absolute Gasteiger partial charge is 0.261 e. The molecule has 0 aliphatic carbocycles. The Morgan fingerprint density at radius 2 is 1.86 bits per heavy atom. The van der Waals surface area contributed by atoms with Gasteiger partial charge in [-0.1, -0.05) is 30.3 Å². The number of para-hydroxylation sites is 1. The van der Waals surface area contributed by atoms with E-state index in [2.05, 4.69) is 35.1 Å². The molecule has 0 saturated heterocycles. The second-order valence-electron chi connectivity index (χ2n) is 6.80. The van der Waals surface area contributed by atoms with Gasteiger partial charge in [-0.15, -0.1) is 0 Å². The number of carbonyl (C=O) groups excluding carboxylic acids is 1. The van der Waals surface area contributed by atoms with Gasteiger partial charge in [0.05, 0.1) is 0 Å². The van der Waals surface area contributed by atoms with Crippen LogP contribution in [0.4, 0.5) is 5.69 Å². The van der Waals surface area contributed by atoms with Gasteiger partial charge in [-0.05, 0) is 55.7 Å². The number of benzene rings is 2. The molecular formula is C24H26N4O. The molecule has 0 spiro atoms. The zero-order valence-electron chi connectivity index (χ0n) is 16.9. The maximum Gasteiger partial charge on any atom is 0.261 e. The molecule has 0 unspecified atom stereocenters. The highest BCUT2D eigenvalue weighted by Gasteiger charge is 2.10. The highest BCUT2D eigenvalue weighted by molar-refractivity contribution is 6.01. The Bertz CT molecular complexity index is 1040. The van der Waals surface area contributed by atoms with Crippen LogP contribution in [0.3, 0.4) is 0 Å². The summed E-state index contributed by atoms with van der Waals surface area (Å²) < 4.78 is 0. The minimum Gasteiger partial charge on any atom is -0.372 e. The number of hydrogen-bond acceptors (Lipinski definition) is 3. The molecule has 0 radical (unpaired) electrons. The van der Waals surface area contributed by atoms with Gasteiger partial charge in [-0.3, -0.25) is 4.79 Å². The Balaban J connectivity index is 1.62. The monoisotopic (exact) mass is 386 g/mol. The van der Waals surface area contributed by atoms with Crippen molar-refractivity contribution in [1.82, 2.24) is 10.3 Å². The summed E-state index contributed by atoms with van der Waals surface area (Å²) in [5.41, 5.74) is 4.31. The van der Waals surface area contributed by atoms with Crippen molar-refractivity contribution in [1.29, 1.82) is 5.26 Å². The number of nitriles is 1. The molecule has 0 atom stereocenters. The fourth-order valence-electron chi connectivity index (χ4n) is 3.43. The van der Waals surface area contributed by atoms with Crippen molar-refractivity contribution in [2.45, 2.75) is 20.3 Å². The summed E-state index contributed by atoms with van der Waals surface area (Å²) in [6.45, 7) is 6.58. The van der Waals surface area contributed by atoms with Crippen LogP contribution in [-0.2, 0) is 11.2 Å². The molecule has 2 N–H and O–H groups in total. The van der Waals surface area contributed by atoms with Gasteiger partial charge in [-0.2, -0.15) is 5.26 Å². The van der Waals surface area contributed by atoms with Gasteiger partial charge in [0.2, 0.25) is 0 Å². The quantitative estimate of drug-likeness (QED) is 0.448. The number of aromatic amines is 1. The summed E-state index contributed by atoms with van der Waals surface area (Å²) in [7, 11) is 0. The van der Waals surface area contributed by atoms with E-state index in [0.29, 0.717) is 13.0 Å². The molecule has 1 heterocycles. The normalized spacial score (nSPS) is 11.3. The highest BCUT2D eigenvalue weighted by Crippen LogP contribution is 2.18. The van der Waals surface area contributed by atoms with E-state index < -0.39 is 0 Å². The van der Waals surface area contributed by atoms with E-state index in [-0.39, 0.29) is 11.5 Å². The number of rotatable bonds is 8. The molecule has 0 aliphatic rings. The van der Waals surface area contributed by atoms with Gasteiger partial charge in [0.15, 0.2) is 0 Å². The second-order valence-corrected chi connectivity index (χ2v) is 6.80. The van der Waals surface area contributed by atoms with E-state index in [1.807, 2.05) is 54.7 Å². The lowest BCUT2D eigenvalue weighted by Crippen LogP contribution is -2.26. The van der Waals surface area contributed by atoms with E-state index in [1.54, 1.807) is 6.08 Å². The molecule has 0 aliphatic heterocycles. The van der Waals surface area contributed by atoms with Crippen LogP contribution in [0.1, 0.15) is 25.0 Å². The maximum absolute atomic E-state index is 12.4. The van der Waals surface area contributed by atoms with Crippen molar-refractivity contribution in [3.63, 3.8) is 0 Å². The van der Waals surface area contributed by atoms with Crippen LogP contribution in [0.25, 0.3) is 17.0 Å². The fraction of sp³-hybridized carbons (Fsp3) is 0.250. The Morgan fingerprint density at radius 3 is 2.55 bits per heavy atom. The van der Waals surface area contributed by atoms with E-state index in [9.17, 15) is 10.1 Å². The first-order valence-corrected chi connectivity index (χ1v) is 9.96. The first-order chi connectivity index (χ1) is 14.2. The molecule has 5 nitrogen and oxygen atoms in total. The zero-order chi connectivity index (χ0) is 20.6.